The van der Waals surface area contributed by atoms with E-state index in [0.717, 1.165) is 44.9 Å². The molecule has 2 heterocycles. The van der Waals surface area contributed by atoms with Gasteiger partial charge in [-0.15, -0.1) is 0 Å². The number of rotatable bonds is 41. The fourth-order valence-corrected chi connectivity index (χ4v) is 8.82. The van der Waals surface area contributed by atoms with E-state index in [0.29, 0.717) is 6.42 Å². The average molecular weight is 964 g/mol. The standard InChI is InChI=1S/C51H97NO15/c1-3-5-7-9-11-13-15-17-18-19-20-21-23-25-27-29-31-33-39(55)49(63)52-37(42(56)38(54)32-30-28-26-24-22-16-14-12-10-8-6-4-2)35-64-50-48(62)46(60)44(58)41(67-50)36-65-51-47(61)45(59)43(57)40(34-53)66-51/h28,30,37-48,50-51,53-62H,3-27,29,31-36H2,1-2H3,(H,52,63)/b30-28+/t37-,38+,39+,40+,41+,42-,43-,44+,45-,46-,47+,48+,50+,51-/m0/s1. The van der Waals surface area contributed by atoms with Crippen molar-refractivity contribution >= 4 is 5.91 Å². The maximum Gasteiger partial charge on any atom is 0.249 e. The Morgan fingerprint density at radius 2 is 0.955 bits per heavy atom. The van der Waals surface area contributed by atoms with Crippen LogP contribution in [0.25, 0.3) is 0 Å². The van der Waals surface area contributed by atoms with Crippen LogP contribution in [0.1, 0.15) is 200 Å². The summed E-state index contributed by atoms with van der Waals surface area (Å²) in [6.45, 7) is 2.63. The van der Waals surface area contributed by atoms with Crippen LogP contribution in [0.2, 0.25) is 0 Å². The summed E-state index contributed by atoms with van der Waals surface area (Å²) in [5, 5.41) is 108. The largest absolute Gasteiger partial charge is 0.394 e. The summed E-state index contributed by atoms with van der Waals surface area (Å²) >= 11 is 0. The molecule has 0 radical (unpaired) electrons. The van der Waals surface area contributed by atoms with Crippen LogP contribution in [0, 0.1) is 0 Å². The minimum absolute atomic E-state index is 0.0671. The van der Waals surface area contributed by atoms with E-state index in [4.69, 9.17) is 18.9 Å². The number of unbranched alkanes of at least 4 members (excludes halogenated alkanes) is 25. The highest BCUT2D eigenvalue weighted by molar-refractivity contribution is 5.80. The van der Waals surface area contributed by atoms with Crippen LogP contribution >= 0.6 is 0 Å². The molecule has 14 atom stereocenters. The van der Waals surface area contributed by atoms with E-state index in [1.54, 1.807) is 6.08 Å². The maximum absolute atomic E-state index is 13.3. The van der Waals surface area contributed by atoms with Gasteiger partial charge in [-0.2, -0.15) is 0 Å². The number of carbonyl (C=O) groups excluding carboxylic acids is 1. The Balaban J connectivity index is 1.89. The molecule has 0 unspecified atom stereocenters. The Bertz CT molecular complexity index is 1220. The second-order valence-electron chi connectivity index (χ2n) is 19.3. The summed E-state index contributed by atoms with van der Waals surface area (Å²) in [5.41, 5.74) is 0. The smallest absolute Gasteiger partial charge is 0.249 e. The number of amides is 1. The highest BCUT2D eigenvalue weighted by Gasteiger charge is 2.48. The average Bonchev–Trinajstić information content (AvgIpc) is 3.32. The van der Waals surface area contributed by atoms with Crippen molar-refractivity contribution in [2.45, 2.75) is 286 Å². The molecule has 0 aliphatic carbocycles. The van der Waals surface area contributed by atoms with Crippen molar-refractivity contribution in [2.24, 2.45) is 0 Å². The molecule has 0 saturated carbocycles. The summed E-state index contributed by atoms with van der Waals surface area (Å²) in [7, 11) is 0. The molecular formula is C51H97NO15. The van der Waals surface area contributed by atoms with Crippen LogP contribution in [-0.2, 0) is 23.7 Å². The predicted octanol–water partition coefficient (Wildman–Crippen LogP) is 5.10. The van der Waals surface area contributed by atoms with E-state index in [1.807, 2.05) is 6.08 Å². The molecule has 396 valence electrons. The molecule has 2 saturated heterocycles. The quantitative estimate of drug-likeness (QED) is 0.0281. The zero-order valence-corrected chi connectivity index (χ0v) is 41.4. The van der Waals surface area contributed by atoms with E-state index >= 15 is 0 Å². The number of carbonyl (C=O) groups is 1. The van der Waals surface area contributed by atoms with E-state index in [2.05, 4.69) is 19.2 Å². The third-order valence-electron chi connectivity index (χ3n) is 13.4. The normalized spacial score (nSPS) is 27.6. The SMILES string of the molecule is CCCCCCCCCCC/C=C/C[C@@H](O)[C@@H](O)[C@H](CO[C@@H]1O[C@H](CO[C@H]2O[C@H](CO)[C@H](O)[C@H](O)[C@H]2O)[C@@H](O)[C@H](O)[C@H]1O)NC(=O)[C@H](O)CCCCCCCCCCCCCCCCCCC. The van der Waals surface area contributed by atoms with Gasteiger partial charge in [0.05, 0.1) is 32.0 Å². The van der Waals surface area contributed by atoms with E-state index in [-0.39, 0.29) is 12.8 Å². The number of hydrogen-bond acceptors (Lipinski definition) is 15. The molecule has 16 heteroatoms. The second kappa shape index (κ2) is 38.3. The molecule has 2 aliphatic rings. The van der Waals surface area contributed by atoms with Crippen molar-refractivity contribution in [2.75, 3.05) is 19.8 Å². The number of hydrogen-bond donors (Lipinski definition) is 11. The first-order chi connectivity index (χ1) is 32.4. The van der Waals surface area contributed by atoms with Gasteiger partial charge in [0.15, 0.2) is 12.6 Å². The Morgan fingerprint density at radius 3 is 1.43 bits per heavy atom. The van der Waals surface area contributed by atoms with Crippen molar-refractivity contribution in [1.82, 2.24) is 5.32 Å². The lowest BCUT2D eigenvalue weighted by Gasteiger charge is -2.43. The number of nitrogens with one attached hydrogen (secondary N) is 1. The molecule has 0 aromatic rings. The summed E-state index contributed by atoms with van der Waals surface area (Å²) in [6.07, 6.45) is 15.6. The van der Waals surface area contributed by atoms with Crippen molar-refractivity contribution in [1.29, 1.82) is 0 Å². The highest BCUT2D eigenvalue weighted by atomic mass is 16.7. The zero-order chi connectivity index (χ0) is 49.2. The molecule has 16 nitrogen and oxygen atoms in total. The summed E-state index contributed by atoms with van der Waals surface area (Å²) < 4.78 is 22.3. The third-order valence-corrected chi connectivity index (χ3v) is 13.4. The molecule has 2 fully saturated rings. The monoisotopic (exact) mass is 964 g/mol. The van der Waals surface area contributed by atoms with Crippen LogP contribution in [0.5, 0.6) is 0 Å². The fraction of sp³-hybridized carbons (Fsp3) is 0.941. The lowest BCUT2D eigenvalue weighted by molar-refractivity contribution is -0.331. The molecule has 2 aliphatic heterocycles. The Labute approximate surface area is 402 Å². The zero-order valence-electron chi connectivity index (χ0n) is 41.4. The van der Waals surface area contributed by atoms with Crippen LogP contribution in [0.3, 0.4) is 0 Å². The van der Waals surface area contributed by atoms with Gasteiger partial charge in [-0.3, -0.25) is 4.79 Å². The van der Waals surface area contributed by atoms with Gasteiger partial charge in [-0.1, -0.05) is 187 Å². The van der Waals surface area contributed by atoms with Crippen molar-refractivity contribution in [3.8, 4) is 0 Å². The first-order valence-corrected chi connectivity index (χ1v) is 26.6. The predicted molar refractivity (Wildman–Crippen MR) is 257 cm³/mol. The lowest BCUT2D eigenvalue weighted by atomic mass is 9.98. The van der Waals surface area contributed by atoms with Gasteiger partial charge in [0.1, 0.15) is 61.0 Å². The maximum atomic E-state index is 13.3. The van der Waals surface area contributed by atoms with Crippen molar-refractivity contribution in [3.05, 3.63) is 12.2 Å². The van der Waals surface area contributed by atoms with Gasteiger partial charge in [0.25, 0.3) is 0 Å². The lowest BCUT2D eigenvalue weighted by Crippen LogP contribution is -2.62. The highest BCUT2D eigenvalue weighted by Crippen LogP contribution is 2.27. The molecular weight excluding hydrogens is 867 g/mol. The molecule has 0 aromatic heterocycles. The second-order valence-corrected chi connectivity index (χ2v) is 19.3. The molecule has 67 heavy (non-hydrogen) atoms. The molecule has 0 spiro atoms. The van der Waals surface area contributed by atoms with Crippen LogP contribution in [-0.4, -0.2) is 163 Å². The molecule has 0 aromatic carbocycles. The van der Waals surface area contributed by atoms with Gasteiger partial charge < -0.3 is 75.3 Å². The Kier molecular flexibility index (Phi) is 35.3. The van der Waals surface area contributed by atoms with E-state index in [9.17, 15) is 55.9 Å². The topological polar surface area (TPSA) is 268 Å². The summed E-state index contributed by atoms with van der Waals surface area (Å²) in [4.78, 5) is 13.3. The molecule has 0 bridgehead atoms. The van der Waals surface area contributed by atoms with Gasteiger partial charge in [0, 0.05) is 0 Å². The number of allylic oxidation sites excluding steroid dienone is 1. The van der Waals surface area contributed by atoms with Gasteiger partial charge in [-0.05, 0) is 25.7 Å². The van der Waals surface area contributed by atoms with Crippen molar-refractivity contribution in [3.63, 3.8) is 0 Å². The van der Waals surface area contributed by atoms with E-state index < -0.39 is 111 Å². The third kappa shape index (κ3) is 25.6. The Morgan fingerprint density at radius 1 is 0.537 bits per heavy atom. The van der Waals surface area contributed by atoms with Gasteiger partial charge in [0.2, 0.25) is 5.91 Å². The molecule has 2 rings (SSSR count). The molecule has 1 amide bonds. The summed E-state index contributed by atoms with van der Waals surface area (Å²) in [5.74, 6) is -0.774. The minimum Gasteiger partial charge on any atom is -0.394 e. The fourth-order valence-electron chi connectivity index (χ4n) is 8.82. The first kappa shape index (κ1) is 61.8. The van der Waals surface area contributed by atoms with E-state index in [1.165, 1.54) is 122 Å². The van der Waals surface area contributed by atoms with Crippen LogP contribution < -0.4 is 5.32 Å². The van der Waals surface area contributed by atoms with Crippen LogP contribution in [0.4, 0.5) is 0 Å². The molecule has 11 N–H and O–H groups in total. The minimum atomic E-state index is -1.83. The van der Waals surface area contributed by atoms with Gasteiger partial charge in [-0.25, -0.2) is 0 Å². The first-order valence-electron chi connectivity index (χ1n) is 26.6. The number of aliphatic hydroxyl groups excluding tert-OH is 10. The summed E-state index contributed by atoms with van der Waals surface area (Å²) in [6, 6.07) is -1.30. The number of ether oxygens (including phenoxy) is 4. The van der Waals surface area contributed by atoms with Crippen molar-refractivity contribution < 1.29 is 74.8 Å². The van der Waals surface area contributed by atoms with Crippen LogP contribution in [0.15, 0.2) is 12.2 Å². The number of aliphatic hydroxyl groups is 10. The Hall–Kier alpha value is -1.35. The van der Waals surface area contributed by atoms with Gasteiger partial charge >= 0.3 is 0 Å².